The lowest BCUT2D eigenvalue weighted by atomic mass is 10.0. The molecule has 0 radical (unpaired) electrons. The maximum Gasteiger partial charge on any atom is 0.256 e. The summed E-state index contributed by atoms with van der Waals surface area (Å²) in [5.74, 6) is 1.20. The second-order valence-corrected chi connectivity index (χ2v) is 8.62. The summed E-state index contributed by atoms with van der Waals surface area (Å²) in [6, 6.07) is 7.92. The molecule has 0 unspecified atom stereocenters. The molecule has 0 saturated carbocycles. The molecule has 0 saturated heterocycles. The largest absolute Gasteiger partial charge is 0.385 e. The zero-order valence-corrected chi connectivity index (χ0v) is 20.0. The predicted molar refractivity (Wildman–Crippen MR) is 127 cm³/mol. The minimum Gasteiger partial charge on any atom is -0.385 e. The van der Waals surface area contributed by atoms with Gasteiger partial charge in [0.2, 0.25) is 5.91 Å². The molecular weight excluding hydrogens is 418 g/mol. The van der Waals surface area contributed by atoms with E-state index in [-0.39, 0.29) is 18.4 Å². The fourth-order valence-electron chi connectivity index (χ4n) is 4.57. The molecule has 4 rings (SSSR count). The Morgan fingerprint density at radius 1 is 1.18 bits per heavy atom. The number of methoxy groups -OCH3 is 1. The first-order valence-electron chi connectivity index (χ1n) is 11.3. The van der Waals surface area contributed by atoms with E-state index >= 15 is 0 Å². The number of aromatic nitrogens is 3. The van der Waals surface area contributed by atoms with Gasteiger partial charge in [-0.3, -0.25) is 14.5 Å². The molecule has 0 N–H and O–H groups in total. The summed E-state index contributed by atoms with van der Waals surface area (Å²) in [6.07, 6.45) is 1.84. The Labute approximate surface area is 194 Å². The highest BCUT2D eigenvalue weighted by Gasteiger charge is 2.28. The van der Waals surface area contributed by atoms with Gasteiger partial charge < -0.3 is 14.2 Å². The average molecular weight is 450 g/mol. The minimum atomic E-state index is -0.0729. The summed E-state index contributed by atoms with van der Waals surface area (Å²) < 4.78 is 7.19. The molecule has 0 spiro atoms. The van der Waals surface area contributed by atoms with Crippen molar-refractivity contribution in [2.45, 2.75) is 39.7 Å². The number of ether oxygens (including phenoxy) is 1. The van der Waals surface area contributed by atoms with Crippen molar-refractivity contribution in [3.05, 3.63) is 52.6 Å². The molecule has 3 heterocycles. The Bertz CT molecular complexity index is 1220. The normalized spacial score (nSPS) is 13.5. The Morgan fingerprint density at radius 2 is 1.94 bits per heavy atom. The number of aryl methyl sites for hydroxylation is 2. The van der Waals surface area contributed by atoms with Crippen LogP contribution in [-0.2, 0) is 29.5 Å². The van der Waals surface area contributed by atoms with E-state index in [1.165, 1.54) is 0 Å². The SMILES string of the molecule is COCCCN1C(=O)CCc2c(C)nc(CN(C)C(=O)c3c(C)n(C)c4ccccc34)nc21. The number of para-hydroxylation sites is 1. The van der Waals surface area contributed by atoms with E-state index < -0.39 is 0 Å². The molecule has 0 fully saturated rings. The van der Waals surface area contributed by atoms with Crippen LogP contribution >= 0.6 is 0 Å². The van der Waals surface area contributed by atoms with Crippen molar-refractivity contribution in [2.24, 2.45) is 7.05 Å². The lowest BCUT2D eigenvalue weighted by molar-refractivity contribution is -0.119. The number of fused-ring (bicyclic) bond motifs is 2. The third-order valence-electron chi connectivity index (χ3n) is 6.45. The monoisotopic (exact) mass is 449 g/mol. The quantitative estimate of drug-likeness (QED) is 0.518. The third-order valence-corrected chi connectivity index (χ3v) is 6.45. The van der Waals surface area contributed by atoms with Gasteiger partial charge in [0.15, 0.2) is 0 Å². The fourth-order valence-corrected chi connectivity index (χ4v) is 4.57. The minimum absolute atomic E-state index is 0.0680. The van der Waals surface area contributed by atoms with Gasteiger partial charge >= 0.3 is 0 Å². The number of carbonyl (C=O) groups is 2. The number of amides is 2. The molecule has 0 atom stereocenters. The molecule has 8 heteroatoms. The molecule has 3 aromatic rings. The van der Waals surface area contributed by atoms with Crippen LogP contribution in [0.1, 0.15) is 46.0 Å². The van der Waals surface area contributed by atoms with Gasteiger partial charge in [0.1, 0.15) is 11.6 Å². The number of anilines is 1. The van der Waals surface area contributed by atoms with Crippen LogP contribution in [0.3, 0.4) is 0 Å². The number of hydrogen-bond donors (Lipinski definition) is 0. The molecule has 1 aliphatic rings. The second kappa shape index (κ2) is 9.31. The van der Waals surface area contributed by atoms with Crippen molar-refractivity contribution in [1.82, 2.24) is 19.4 Å². The third kappa shape index (κ3) is 4.23. The molecule has 1 aliphatic heterocycles. The van der Waals surface area contributed by atoms with Gasteiger partial charge in [-0.2, -0.15) is 0 Å². The summed E-state index contributed by atoms with van der Waals surface area (Å²) in [4.78, 5) is 38.9. The van der Waals surface area contributed by atoms with Crippen LogP contribution in [0.5, 0.6) is 0 Å². The molecule has 0 bridgehead atoms. The molecular formula is C25H31N5O3. The van der Waals surface area contributed by atoms with Gasteiger partial charge in [0.05, 0.1) is 12.1 Å². The topological polar surface area (TPSA) is 80.6 Å². The van der Waals surface area contributed by atoms with Crippen molar-refractivity contribution in [1.29, 1.82) is 0 Å². The summed E-state index contributed by atoms with van der Waals surface area (Å²) in [5.41, 5.74) is 4.51. The van der Waals surface area contributed by atoms with Gasteiger partial charge in [0.25, 0.3) is 5.91 Å². The van der Waals surface area contributed by atoms with Gasteiger partial charge in [-0.15, -0.1) is 0 Å². The lowest BCUT2D eigenvalue weighted by Crippen LogP contribution is -2.38. The van der Waals surface area contributed by atoms with Crippen molar-refractivity contribution >= 4 is 28.5 Å². The van der Waals surface area contributed by atoms with Crippen molar-refractivity contribution in [3.63, 3.8) is 0 Å². The standard InChI is InChI=1S/C25H31N5O3/c1-16-18-11-12-22(31)30(13-8-14-33-5)24(18)27-21(26-16)15-28(3)25(32)23-17(2)29(4)20-10-7-6-9-19(20)23/h6-7,9-10H,8,11-15H2,1-5H3. The molecule has 0 aliphatic carbocycles. The Hall–Kier alpha value is -3.26. The molecule has 2 aromatic heterocycles. The number of rotatable bonds is 7. The van der Waals surface area contributed by atoms with Crippen molar-refractivity contribution in [2.75, 3.05) is 32.2 Å². The van der Waals surface area contributed by atoms with E-state index in [1.54, 1.807) is 24.0 Å². The summed E-state index contributed by atoms with van der Waals surface area (Å²) in [6.45, 7) is 5.31. The first-order valence-corrected chi connectivity index (χ1v) is 11.3. The first-order chi connectivity index (χ1) is 15.8. The zero-order chi connectivity index (χ0) is 23.7. The maximum absolute atomic E-state index is 13.4. The Balaban J connectivity index is 1.62. The fraction of sp³-hybridized carbons (Fsp3) is 0.440. The molecule has 2 amide bonds. The van der Waals surface area contributed by atoms with Gasteiger partial charge in [-0.05, 0) is 32.8 Å². The van der Waals surface area contributed by atoms with Crippen LogP contribution in [0.15, 0.2) is 24.3 Å². The number of hydrogen-bond acceptors (Lipinski definition) is 5. The summed E-state index contributed by atoms with van der Waals surface area (Å²) in [7, 11) is 5.39. The molecule has 1 aromatic carbocycles. The van der Waals surface area contributed by atoms with Crippen LogP contribution in [0.4, 0.5) is 5.82 Å². The number of benzene rings is 1. The first kappa shape index (κ1) is 22.9. The Morgan fingerprint density at radius 3 is 2.70 bits per heavy atom. The van der Waals surface area contributed by atoms with Crippen LogP contribution in [-0.4, -0.2) is 58.6 Å². The Kier molecular flexibility index (Phi) is 6.47. The van der Waals surface area contributed by atoms with Gasteiger partial charge in [0, 0.05) is 68.6 Å². The maximum atomic E-state index is 13.4. The van der Waals surface area contributed by atoms with E-state index in [0.717, 1.165) is 34.3 Å². The van der Waals surface area contributed by atoms with E-state index in [0.29, 0.717) is 43.2 Å². The van der Waals surface area contributed by atoms with Crippen LogP contribution in [0.25, 0.3) is 10.9 Å². The van der Waals surface area contributed by atoms with Crippen LogP contribution < -0.4 is 4.90 Å². The summed E-state index contributed by atoms with van der Waals surface area (Å²) >= 11 is 0. The molecule has 8 nitrogen and oxygen atoms in total. The summed E-state index contributed by atoms with van der Waals surface area (Å²) in [5, 5.41) is 0.937. The number of carbonyl (C=O) groups excluding carboxylic acids is 2. The number of nitrogens with zero attached hydrogens (tertiary/aromatic N) is 5. The molecule has 174 valence electrons. The van der Waals surface area contributed by atoms with Gasteiger partial charge in [-0.1, -0.05) is 18.2 Å². The predicted octanol–water partition coefficient (Wildman–Crippen LogP) is 3.17. The van der Waals surface area contributed by atoms with Crippen LogP contribution in [0, 0.1) is 13.8 Å². The smallest absolute Gasteiger partial charge is 0.256 e. The lowest BCUT2D eigenvalue weighted by Gasteiger charge is -2.29. The highest BCUT2D eigenvalue weighted by atomic mass is 16.5. The van der Waals surface area contributed by atoms with E-state index in [9.17, 15) is 9.59 Å². The second-order valence-electron chi connectivity index (χ2n) is 8.62. The van der Waals surface area contributed by atoms with Gasteiger partial charge in [-0.25, -0.2) is 9.97 Å². The van der Waals surface area contributed by atoms with E-state index in [1.807, 2.05) is 49.7 Å². The highest BCUT2D eigenvalue weighted by Crippen LogP contribution is 2.29. The zero-order valence-electron chi connectivity index (χ0n) is 20.0. The van der Waals surface area contributed by atoms with E-state index in [2.05, 4.69) is 4.98 Å². The van der Waals surface area contributed by atoms with Crippen LogP contribution in [0.2, 0.25) is 0 Å². The average Bonchev–Trinajstić information content (AvgIpc) is 3.05. The molecule has 33 heavy (non-hydrogen) atoms. The van der Waals surface area contributed by atoms with E-state index in [4.69, 9.17) is 9.72 Å². The highest BCUT2D eigenvalue weighted by molar-refractivity contribution is 6.08. The van der Waals surface area contributed by atoms with Crippen molar-refractivity contribution in [3.8, 4) is 0 Å². The van der Waals surface area contributed by atoms with Crippen molar-refractivity contribution < 1.29 is 14.3 Å².